The van der Waals surface area contributed by atoms with Crippen LogP contribution in [0.15, 0.2) is 24.3 Å². The molecule has 0 bridgehead atoms. The minimum Gasteiger partial charge on any atom is -0.479 e. The summed E-state index contributed by atoms with van der Waals surface area (Å²) in [5.74, 6) is -3.35. The Morgan fingerprint density at radius 3 is 2.38 bits per heavy atom. The summed E-state index contributed by atoms with van der Waals surface area (Å²) in [5, 5.41) is 23.4. The molecule has 1 amide bonds. The van der Waals surface area contributed by atoms with Crippen molar-refractivity contribution in [1.29, 1.82) is 0 Å². The van der Waals surface area contributed by atoms with Crippen LogP contribution in [0, 0.1) is 0 Å². The van der Waals surface area contributed by atoms with Gasteiger partial charge >= 0.3 is 41.5 Å². The number of amides is 1. The number of ketones is 1. The topological polar surface area (TPSA) is 151 Å². The Kier molecular flexibility index (Phi) is 9.66. The summed E-state index contributed by atoms with van der Waals surface area (Å²) in [5.41, 5.74) is 1.24. The maximum Gasteiger partial charge on any atom is 1.00 e. The third kappa shape index (κ3) is 7.04. The van der Waals surface area contributed by atoms with Crippen LogP contribution in [0.2, 0.25) is 0 Å². The van der Waals surface area contributed by atoms with Crippen LogP contribution in [0.1, 0.15) is 30.5 Å². The summed E-state index contributed by atoms with van der Waals surface area (Å²) in [4.78, 5) is 48.1. The van der Waals surface area contributed by atoms with Gasteiger partial charge in [0, 0.05) is 23.5 Å². The summed E-state index contributed by atoms with van der Waals surface area (Å²) in [6.07, 6.45) is 0.863. The number of hydrogen-bond donors (Lipinski definition) is 4. The molecule has 0 aliphatic carbocycles. The second-order valence-corrected chi connectivity index (χ2v) is 7.75. The Hall–Kier alpha value is -2.44. The number of nitrogens with one attached hydrogen (secondary N) is 2. The Morgan fingerprint density at radius 1 is 1.03 bits per heavy atom. The summed E-state index contributed by atoms with van der Waals surface area (Å²) in [6.45, 7) is -0.0465. The number of carboxylic acids is 2. The monoisotopic (exact) mass is 471 g/mol. The zero-order valence-electron chi connectivity index (χ0n) is 17.3. The van der Waals surface area contributed by atoms with Crippen molar-refractivity contribution in [3.8, 4) is 11.5 Å². The molecule has 3 rings (SSSR count). The van der Waals surface area contributed by atoms with E-state index in [-0.39, 0.29) is 59.1 Å². The molecule has 0 saturated heterocycles. The Balaban J connectivity index is 0.00000363. The van der Waals surface area contributed by atoms with Crippen molar-refractivity contribution >= 4 is 35.0 Å². The first kappa shape index (κ1) is 25.8. The molecule has 1 aliphatic heterocycles. The summed E-state index contributed by atoms with van der Waals surface area (Å²) < 4.78 is 10.2. The van der Waals surface area contributed by atoms with Crippen molar-refractivity contribution in [3.05, 3.63) is 45.1 Å². The Morgan fingerprint density at radius 2 is 1.72 bits per heavy atom. The molecule has 1 aromatic carbocycles. The van der Waals surface area contributed by atoms with E-state index in [4.69, 9.17) is 19.7 Å². The summed E-state index contributed by atoms with van der Waals surface area (Å²) in [7, 11) is 0. The van der Waals surface area contributed by atoms with E-state index >= 15 is 0 Å². The van der Waals surface area contributed by atoms with Crippen molar-refractivity contribution in [2.45, 2.75) is 13.0 Å². The number of carbonyl (C=O) groups is 4. The molecule has 4 N–H and O–H groups in total. The number of Topliss-reactive ketones (excluding diaryl/α,β-unsaturated/α-hetero) is 1. The van der Waals surface area contributed by atoms with E-state index in [0.29, 0.717) is 11.4 Å². The molecule has 0 radical (unpaired) electrons. The standard InChI is InChI=1S/C20H20N2O8S.Na/c23-13(8-22-20(28)17-6-12-7-21-4-3-16(12)31-17)11-1-2-14(29-9-18(24)25)15(5-11)30-10-19(26)27;/h1-2,5-6,21H,3-4,7-10H2,(H,22,28)(H,24,25)(H,26,27);/q;+1. The second-order valence-electron chi connectivity index (χ2n) is 6.62. The number of benzene rings is 1. The summed E-state index contributed by atoms with van der Waals surface area (Å²) >= 11 is 1.41. The van der Waals surface area contributed by atoms with Gasteiger partial charge in [0.1, 0.15) is 0 Å². The number of carboxylic acid groups (broad SMARTS) is 2. The molecule has 1 aromatic heterocycles. The van der Waals surface area contributed by atoms with Gasteiger partial charge in [-0.25, -0.2) is 9.59 Å². The van der Waals surface area contributed by atoms with Gasteiger partial charge in [0.05, 0.1) is 11.4 Å². The largest absolute Gasteiger partial charge is 1.00 e. The van der Waals surface area contributed by atoms with E-state index in [1.54, 1.807) is 0 Å². The molecule has 0 saturated carbocycles. The van der Waals surface area contributed by atoms with Gasteiger partial charge in [0.2, 0.25) is 0 Å². The van der Waals surface area contributed by atoms with Crippen molar-refractivity contribution in [3.63, 3.8) is 0 Å². The number of thiophene rings is 1. The van der Waals surface area contributed by atoms with Crippen LogP contribution in [0.25, 0.3) is 0 Å². The molecule has 32 heavy (non-hydrogen) atoms. The molecular weight excluding hydrogens is 451 g/mol. The fourth-order valence-electron chi connectivity index (χ4n) is 2.91. The van der Waals surface area contributed by atoms with Crippen LogP contribution < -0.4 is 49.7 Å². The second kappa shape index (κ2) is 12.0. The van der Waals surface area contributed by atoms with Crippen LogP contribution in [-0.4, -0.2) is 60.1 Å². The van der Waals surface area contributed by atoms with Gasteiger partial charge in [-0.3, -0.25) is 9.59 Å². The quantitative estimate of drug-likeness (QED) is 0.226. The maximum absolute atomic E-state index is 12.5. The van der Waals surface area contributed by atoms with E-state index in [1.165, 1.54) is 29.5 Å². The van der Waals surface area contributed by atoms with Crippen molar-refractivity contribution in [1.82, 2.24) is 10.6 Å². The average molecular weight is 471 g/mol. The minimum absolute atomic E-state index is 0. The molecule has 164 valence electrons. The number of fused-ring (bicyclic) bond motifs is 1. The fourth-order valence-corrected chi connectivity index (χ4v) is 4.00. The zero-order valence-corrected chi connectivity index (χ0v) is 20.1. The predicted molar refractivity (Wildman–Crippen MR) is 109 cm³/mol. The molecular formula is C20H20N2NaO8S+. The van der Waals surface area contributed by atoms with Gasteiger partial charge in [-0.15, -0.1) is 11.3 Å². The van der Waals surface area contributed by atoms with Gasteiger partial charge in [-0.05, 0) is 36.2 Å². The van der Waals surface area contributed by atoms with Gasteiger partial charge in [0.25, 0.3) is 5.91 Å². The molecule has 2 heterocycles. The first-order chi connectivity index (χ1) is 14.8. The first-order valence-corrected chi connectivity index (χ1v) is 10.1. The number of aliphatic carboxylic acids is 2. The van der Waals surface area contributed by atoms with Gasteiger partial charge in [-0.2, -0.15) is 0 Å². The Labute approximate surface area is 209 Å². The van der Waals surface area contributed by atoms with Crippen LogP contribution in [0.5, 0.6) is 11.5 Å². The van der Waals surface area contributed by atoms with Crippen LogP contribution in [0.4, 0.5) is 0 Å². The molecule has 1 aliphatic rings. The predicted octanol–water partition coefficient (Wildman–Crippen LogP) is -2.06. The summed E-state index contributed by atoms with van der Waals surface area (Å²) in [6, 6.07) is 5.77. The van der Waals surface area contributed by atoms with Crippen LogP contribution in [-0.2, 0) is 22.6 Å². The molecule has 2 aromatic rings. The molecule has 0 atom stereocenters. The fraction of sp³-hybridized carbons (Fsp3) is 0.300. The average Bonchev–Trinajstić information content (AvgIpc) is 3.19. The number of ether oxygens (including phenoxy) is 2. The molecule has 12 heteroatoms. The van der Waals surface area contributed by atoms with E-state index < -0.39 is 30.9 Å². The third-order valence-electron chi connectivity index (χ3n) is 4.34. The normalized spacial score (nSPS) is 12.1. The van der Waals surface area contributed by atoms with Gasteiger partial charge in [0.15, 0.2) is 30.5 Å². The van der Waals surface area contributed by atoms with Crippen LogP contribution >= 0.6 is 11.3 Å². The third-order valence-corrected chi connectivity index (χ3v) is 5.58. The number of carbonyl (C=O) groups excluding carboxylic acids is 2. The number of rotatable bonds is 10. The maximum atomic E-state index is 12.5. The van der Waals surface area contributed by atoms with Crippen LogP contribution in [0.3, 0.4) is 0 Å². The Bertz CT molecular complexity index is 1000. The van der Waals surface area contributed by atoms with E-state index in [1.807, 2.05) is 6.07 Å². The number of hydrogen-bond acceptors (Lipinski definition) is 8. The molecule has 0 fully saturated rings. The van der Waals surface area contributed by atoms with Gasteiger partial charge < -0.3 is 30.3 Å². The van der Waals surface area contributed by atoms with Crippen molar-refractivity contribution < 1.29 is 68.4 Å². The van der Waals surface area contributed by atoms with E-state index in [9.17, 15) is 19.2 Å². The zero-order chi connectivity index (χ0) is 22.4. The first-order valence-electron chi connectivity index (χ1n) is 9.30. The smallest absolute Gasteiger partial charge is 0.479 e. The SMILES string of the molecule is O=C(O)COc1ccc(C(=O)CNC(=O)c2cc3c(s2)CCNC3)cc1OCC(=O)O.[Na+]. The molecule has 0 unspecified atom stereocenters. The minimum atomic E-state index is -1.25. The van der Waals surface area contributed by atoms with Gasteiger partial charge in [-0.1, -0.05) is 0 Å². The van der Waals surface area contributed by atoms with Crippen molar-refractivity contribution in [2.75, 3.05) is 26.3 Å². The van der Waals surface area contributed by atoms with E-state index in [0.717, 1.165) is 23.4 Å². The molecule has 0 spiro atoms. The van der Waals surface area contributed by atoms with Crippen molar-refractivity contribution in [2.24, 2.45) is 0 Å². The molecule has 10 nitrogen and oxygen atoms in total. The van der Waals surface area contributed by atoms with E-state index in [2.05, 4.69) is 10.6 Å².